The lowest BCUT2D eigenvalue weighted by Crippen LogP contribution is -2.54. The Morgan fingerprint density at radius 2 is 1.72 bits per heavy atom. The van der Waals surface area contributed by atoms with Crippen molar-refractivity contribution in [3.05, 3.63) is 58.8 Å². The lowest BCUT2D eigenvalue weighted by molar-refractivity contribution is 0.407. The molecule has 1 saturated heterocycles. The van der Waals surface area contributed by atoms with Crippen LogP contribution >= 0.6 is 0 Å². The molecule has 0 amide bonds. The number of fused-ring (bicyclic) bond motifs is 2. The summed E-state index contributed by atoms with van der Waals surface area (Å²) in [5.41, 5.74) is 4.38. The summed E-state index contributed by atoms with van der Waals surface area (Å²) in [5.74, 6) is 0. The summed E-state index contributed by atoms with van der Waals surface area (Å²) in [7, 11) is 0. The number of nitrogens with one attached hydrogen (secondary N) is 1. The smallest absolute Gasteiger partial charge is 0.258 e. The number of rotatable bonds is 2. The van der Waals surface area contributed by atoms with Crippen LogP contribution in [-0.2, 0) is 0 Å². The third-order valence-corrected chi connectivity index (χ3v) is 5.27. The zero-order chi connectivity index (χ0) is 20.1. The van der Waals surface area contributed by atoms with Crippen LogP contribution in [0.1, 0.15) is 19.5 Å². The van der Waals surface area contributed by atoms with Gasteiger partial charge in [-0.05, 0) is 45.0 Å². The molecule has 4 aromatic heterocycles. The second-order valence-electron chi connectivity index (χ2n) is 7.87. The Morgan fingerprint density at radius 3 is 2.52 bits per heavy atom. The molecule has 5 rings (SSSR count). The standard InChI is InChI=1S/C21H23N7O/c1-13-9-26(10-14(2)22-13)16-4-6-19-24-18(8-21(29)27(19)12-16)17-5-7-20-23-15(3)11-28(20)25-17/h4-8,11-14,22H,9-10H2,1-3H3/t13-,14-/m0/s1. The first kappa shape index (κ1) is 17.8. The molecule has 8 heteroatoms. The van der Waals surface area contributed by atoms with E-state index in [0.717, 1.165) is 30.1 Å². The molecule has 0 aliphatic carbocycles. The van der Waals surface area contributed by atoms with Gasteiger partial charge in [-0.15, -0.1) is 0 Å². The molecule has 0 unspecified atom stereocenters. The third-order valence-electron chi connectivity index (χ3n) is 5.27. The zero-order valence-electron chi connectivity index (χ0n) is 16.7. The first-order valence-corrected chi connectivity index (χ1v) is 9.84. The van der Waals surface area contributed by atoms with Gasteiger partial charge in [0.2, 0.25) is 0 Å². The van der Waals surface area contributed by atoms with Gasteiger partial charge in [0.25, 0.3) is 5.56 Å². The minimum absolute atomic E-state index is 0.119. The Balaban J connectivity index is 1.55. The highest BCUT2D eigenvalue weighted by Gasteiger charge is 2.21. The van der Waals surface area contributed by atoms with Gasteiger partial charge in [-0.2, -0.15) is 5.10 Å². The minimum Gasteiger partial charge on any atom is -0.367 e. The van der Waals surface area contributed by atoms with E-state index < -0.39 is 0 Å². The van der Waals surface area contributed by atoms with Crippen LogP contribution in [0.4, 0.5) is 5.69 Å². The van der Waals surface area contributed by atoms with E-state index in [0.29, 0.717) is 29.1 Å². The summed E-state index contributed by atoms with van der Waals surface area (Å²) in [6.45, 7) is 8.09. The highest BCUT2D eigenvalue weighted by molar-refractivity contribution is 5.60. The molecule has 5 heterocycles. The van der Waals surface area contributed by atoms with Gasteiger partial charge in [0, 0.05) is 37.4 Å². The van der Waals surface area contributed by atoms with Crippen molar-refractivity contribution in [3.8, 4) is 11.4 Å². The van der Waals surface area contributed by atoms with Crippen molar-refractivity contribution in [3.63, 3.8) is 0 Å². The summed E-state index contributed by atoms with van der Waals surface area (Å²) >= 11 is 0. The van der Waals surface area contributed by atoms with Gasteiger partial charge in [0.05, 0.1) is 23.3 Å². The van der Waals surface area contributed by atoms with Gasteiger partial charge in [-0.1, -0.05) is 0 Å². The topological polar surface area (TPSA) is 79.8 Å². The molecule has 148 valence electrons. The maximum Gasteiger partial charge on any atom is 0.258 e. The van der Waals surface area contributed by atoms with E-state index in [1.165, 1.54) is 6.07 Å². The van der Waals surface area contributed by atoms with Gasteiger partial charge in [0.1, 0.15) is 11.3 Å². The Labute approximate surface area is 167 Å². The third kappa shape index (κ3) is 3.25. The lowest BCUT2D eigenvalue weighted by atomic mass is 10.1. The van der Waals surface area contributed by atoms with E-state index in [2.05, 4.69) is 39.1 Å². The average Bonchev–Trinajstić information content (AvgIpc) is 3.06. The SMILES string of the molecule is Cc1cn2nc(-c3cc(=O)n4cc(N5C[C@H](C)N[C@@H](C)C5)ccc4n3)ccc2n1. The fraction of sp³-hybridized carbons (Fsp3) is 0.333. The molecule has 29 heavy (non-hydrogen) atoms. The van der Waals surface area contributed by atoms with Gasteiger partial charge >= 0.3 is 0 Å². The maximum atomic E-state index is 12.8. The quantitative estimate of drug-likeness (QED) is 0.564. The number of piperazine rings is 1. The van der Waals surface area contributed by atoms with Crippen molar-refractivity contribution in [2.75, 3.05) is 18.0 Å². The summed E-state index contributed by atoms with van der Waals surface area (Å²) in [6.07, 6.45) is 3.74. The molecule has 0 bridgehead atoms. The summed E-state index contributed by atoms with van der Waals surface area (Å²) in [4.78, 5) is 24.2. The number of hydrogen-bond donors (Lipinski definition) is 1. The van der Waals surface area contributed by atoms with Crippen molar-refractivity contribution >= 4 is 17.0 Å². The summed E-state index contributed by atoms with van der Waals surface area (Å²) < 4.78 is 3.32. The van der Waals surface area contributed by atoms with Gasteiger partial charge in [-0.3, -0.25) is 9.20 Å². The Kier molecular flexibility index (Phi) is 4.09. The van der Waals surface area contributed by atoms with Crippen molar-refractivity contribution in [1.29, 1.82) is 0 Å². The molecule has 1 aliphatic rings. The molecule has 0 spiro atoms. The van der Waals surface area contributed by atoms with Crippen LogP contribution in [0.25, 0.3) is 22.7 Å². The van der Waals surface area contributed by atoms with Crippen LogP contribution < -0.4 is 15.8 Å². The Morgan fingerprint density at radius 1 is 0.966 bits per heavy atom. The van der Waals surface area contributed by atoms with Gasteiger partial charge < -0.3 is 10.2 Å². The summed E-state index contributed by atoms with van der Waals surface area (Å²) in [5, 5.41) is 8.08. The van der Waals surface area contributed by atoms with Crippen molar-refractivity contribution in [2.24, 2.45) is 0 Å². The summed E-state index contributed by atoms with van der Waals surface area (Å²) in [6, 6.07) is 10.0. The highest BCUT2D eigenvalue weighted by Crippen LogP contribution is 2.20. The first-order chi connectivity index (χ1) is 14.0. The normalized spacial score (nSPS) is 19.9. The molecule has 0 saturated carbocycles. The van der Waals surface area contributed by atoms with E-state index in [1.807, 2.05) is 43.6 Å². The molecular weight excluding hydrogens is 366 g/mol. The lowest BCUT2D eigenvalue weighted by Gasteiger charge is -2.37. The van der Waals surface area contributed by atoms with Crippen molar-refractivity contribution in [1.82, 2.24) is 29.3 Å². The van der Waals surface area contributed by atoms with Crippen LogP contribution in [0.15, 0.2) is 47.5 Å². The molecule has 1 N–H and O–H groups in total. The zero-order valence-corrected chi connectivity index (χ0v) is 16.7. The monoisotopic (exact) mass is 389 g/mol. The number of aryl methyl sites for hydroxylation is 1. The van der Waals surface area contributed by atoms with E-state index in [4.69, 9.17) is 0 Å². The van der Waals surface area contributed by atoms with Crippen LogP contribution in [0.2, 0.25) is 0 Å². The molecular formula is C21H23N7O. The average molecular weight is 389 g/mol. The number of hydrogen-bond acceptors (Lipinski definition) is 6. The van der Waals surface area contributed by atoms with Crippen LogP contribution in [-0.4, -0.2) is 49.2 Å². The maximum absolute atomic E-state index is 12.8. The fourth-order valence-corrected chi connectivity index (χ4v) is 4.08. The molecule has 4 aromatic rings. The number of anilines is 1. The van der Waals surface area contributed by atoms with Crippen molar-refractivity contribution < 1.29 is 0 Å². The van der Waals surface area contributed by atoms with Gasteiger partial charge in [-0.25, -0.2) is 14.5 Å². The highest BCUT2D eigenvalue weighted by atomic mass is 16.1. The number of pyridine rings is 1. The number of nitrogens with zero attached hydrogens (tertiary/aromatic N) is 6. The predicted molar refractivity (Wildman–Crippen MR) is 112 cm³/mol. The van der Waals surface area contributed by atoms with Crippen molar-refractivity contribution in [2.45, 2.75) is 32.9 Å². The first-order valence-electron chi connectivity index (χ1n) is 9.84. The molecule has 0 aromatic carbocycles. The molecule has 1 aliphatic heterocycles. The molecule has 0 radical (unpaired) electrons. The number of aromatic nitrogens is 5. The van der Waals surface area contributed by atoms with E-state index in [-0.39, 0.29) is 5.56 Å². The Hall–Kier alpha value is -3.26. The number of imidazole rings is 1. The molecule has 8 nitrogen and oxygen atoms in total. The van der Waals surface area contributed by atoms with E-state index >= 15 is 0 Å². The van der Waals surface area contributed by atoms with Crippen LogP contribution in [0, 0.1) is 6.92 Å². The van der Waals surface area contributed by atoms with Crippen LogP contribution in [0.3, 0.4) is 0 Å². The molecule has 1 fully saturated rings. The second-order valence-corrected chi connectivity index (χ2v) is 7.87. The fourth-order valence-electron chi connectivity index (χ4n) is 4.08. The molecule has 2 atom stereocenters. The Bertz CT molecular complexity index is 1270. The predicted octanol–water partition coefficient (Wildman–Crippen LogP) is 1.90. The van der Waals surface area contributed by atoms with E-state index in [9.17, 15) is 4.79 Å². The van der Waals surface area contributed by atoms with Crippen LogP contribution in [0.5, 0.6) is 0 Å². The second kappa shape index (κ2) is 6.66. The van der Waals surface area contributed by atoms with E-state index in [1.54, 1.807) is 8.92 Å². The largest absolute Gasteiger partial charge is 0.367 e. The minimum atomic E-state index is -0.119. The van der Waals surface area contributed by atoms with Gasteiger partial charge in [0.15, 0.2) is 5.65 Å².